The first-order valence-corrected chi connectivity index (χ1v) is 4.00. The van der Waals surface area contributed by atoms with E-state index in [9.17, 15) is 4.79 Å². The number of ketones is 1. The second kappa shape index (κ2) is 2.57. The summed E-state index contributed by atoms with van der Waals surface area (Å²) in [6.45, 7) is 1.22. The highest BCUT2D eigenvalue weighted by Crippen LogP contribution is 2.24. The summed E-state index contributed by atoms with van der Waals surface area (Å²) < 4.78 is 5.31. The Morgan fingerprint density at radius 1 is 1.64 bits per heavy atom. The van der Waals surface area contributed by atoms with Crippen LogP contribution >= 0.6 is 0 Å². The summed E-state index contributed by atoms with van der Waals surface area (Å²) in [4.78, 5) is 13.1. The molecule has 0 aromatic heterocycles. The van der Waals surface area contributed by atoms with Crippen molar-refractivity contribution in [1.29, 1.82) is 0 Å². The number of likely N-dealkylation sites (tertiary alicyclic amines) is 1. The maximum atomic E-state index is 11.2. The van der Waals surface area contributed by atoms with Crippen LogP contribution in [0.25, 0.3) is 0 Å². The Morgan fingerprint density at radius 2 is 2.45 bits per heavy atom. The molecule has 0 saturated carbocycles. The van der Waals surface area contributed by atoms with Gasteiger partial charge in [0, 0.05) is 0 Å². The van der Waals surface area contributed by atoms with E-state index in [1.165, 1.54) is 0 Å². The average molecular weight is 154 g/mol. The SMILES string of the molecule is [CH2-]N1CCCC2OCC(=O)C21. The van der Waals surface area contributed by atoms with Gasteiger partial charge in [0.15, 0.2) is 5.78 Å². The maximum absolute atomic E-state index is 11.2. The molecule has 0 spiro atoms. The van der Waals surface area contributed by atoms with Crippen LogP contribution in [0.5, 0.6) is 0 Å². The van der Waals surface area contributed by atoms with Gasteiger partial charge >= 0.3 is 0 Å². The summed E-state index contributed by atoms with van der Waals surface area (Å²) >= 11 is 0. The van der Waals surface area contributed by atoms with E-state index >= 15 is 0 Å². The van der Waals surface area contributed by atoms with Gasteiger partial charge in [0.05, 0.1) is 12.1 Å². The highest BCUT2D eigenvalue weighted by molar-refractivity contribution is 5.87. The number of piperidine rings is 1. The monoisotopic (exact) mass is 154 g/mol. The van der Waals surface area contributed by atoms with Crippen LogP contribution < -0.4 is 0 Å². The van der Waals surface area contributed by atoms with E-state index in [0.717, 1.165) is 19.4 Å². The number of Topliss-reactive ketones (excluding diaryl/α,β-unsaturated/α-hetero) is 1. The summed E-state index contributed by atoms with van der Waals surface area (Å²) in [5.74, 6) is 0.199. The molecule has 2 saturated heterocycles. The normalized spacial score (nSPS) is 39.2. The van der Waals surface area contributed by atoms with Crippen LogP contribution in [-0.4, -0.2) is 36.0 Å². The minimum atomic E-state index is -0.0382. The molecular weight excluding hydrogens is 142 g/mol. The lowest BCUT2D eigenvalue weighted by Crippen LogP contribution is -2.45. The van der Waals surface area contributed by atoms with E-state index in [1.54, 1.807) is 0 Å². The molecule has 3 nitrogen and oxygen atoms in total. The number of fused-ring (bicyclic) bond motifs is 1. The second-order valence-electron chi connectivity index (χ2n) is 3.22. The van der Waals surface area contributed by atoms with Crippen molar-refractivity contribution in [2.24, 2.45) is 0 Å². The number of hydrogen-bond acceptors (Lipinski definition) is 3. The van der Waals surface area contributed by atoms with Gasteiger partial charge in [0.2, 0.25) is 0 Å². The Morgan fingerprint density at radius 3 is 3.18 bits per heavy atom. The van der Waals surface area contributed by atoms with Crippen LogP contribution in [0.4, 0.5) is 0 Å². The second-order valence-corrected chi connectivity index (χ2v) is 3.22. The van der Waals surface area contributed by atoms with Crippen LogP contribution in [0.1, 0.15) is 12.8 Å². The first kappa shape index (κ1) is 7.25. The number of nitrogens with zero attached hydrogens (tertiary/aromatic N) is 1. The largest absolute Gasteiger partial charge is 0.448 e. The molecule has 2 unspecified atom stereocenters. The third-order valence-corrected chi connectivity index (χ3v) is 2.45. The molecule has 2 rings (SSSR count). The Labute approximate surface area is 66.3 Å². The van der Waals surface area contributed by atoms with Crippen LogP contribution in [0.15, 0.2) is 0 Å². The molecular formula is C8H12NO2-. The van der Waals surface area contributed by atoms with Gasteiger partial charge in [0.1, 0.15) is 6.61 Å². The molecule has 2 aliphatic rings. The van der Waals surface area contributed by atoms with Crippen molar-refractivity contribution in [2.45, 2.75) is 25.0 Å². The number of ether oxygens (including phenoxy) is 1. The van der Waals surface area contributed by atoms with Crippen molar-refractivity contribution in [2.75, 3.05) is 13.2 Å². The molecule has 2 fully saturated rings. The van der Waals surface area contributed by atoms with Crippen molar-refractivity contribution in [1.82, 2.24) is 4.90 Å². The number of carbonyl (C=O) groups is 1. The van der Waals surface area contributed by atoms with Gasteiger partial charge in [-0.15, -0.1) is 0 Å². The van der Waals surface area contributed by atoms with Crippen molar-refractivity contribution < 1.29 is 9.53 Å². The molecule has 2 atom stereocenters. The third kappa shape index (κ3) is 1.08. The molecule has 2 heterocycles. The van der Waals surface area contributed by atoms with Crippen molar-refractivity contribution in [3.8, 4) is 0 Å². The van der Waals surface area contributed by atoms with Gasteiger partial charge in [-0.3, -0.25) is 11.8 Å². The van der Waals surface area contributed by atoms with Crippen molar-refractivity contribution in [3.63, 3.8) is 0 Å². The molecule has 0 radical (unpaired) electrons. The minimum absolute atomic E-state index is 0.0382. The summed E-state index contributed by atoms with van der Waals surface area (Å²) in [7, 11) is 3.82. The van der Waals surface area contributed by atoms with Crippen LogP contribution in [0.3, 0.4) is 0 Å². The van der Waals surface area contributed by atoms with Crippen molar-refractivity contribution in [3.05, 3.63) is 7.05 Å². The summed E-state index contributed by atoms with van der Waals surface area (Å²) in [6, 6.07) is -0.0382. The van der Waals surface area contributed by atoms with Gasteiger partial charge < -0.3 is 9.64 Å². The fraction of sp³-hybridized carbons (Fsp3) is 0.750. The van der Waals surface area contributed by atoms with E-state index in [4.69, 9.17) is 4.74 Å². The molecule has 0 aromatic rings. The van der Waals surface area contributed by atoms with Gasteiger partial charge in [-0.2, -0.15) is 0 Å². The van der Waals surface area contributed by atoms with E-state index in [2.05, 4.69) is 7.05 Å². The standard InChI is InChI=1S/C8H12NO2/c1-9-4-2-3-7-8(9)6(10)5-11-7/h7-8H,1-5H2/q-1. The lowest BCUT2D eigenvalue weighted by Gasteiger charge is -2.38. The van der Waals surface area contributed by atoms with Crippen molar-refractivity contribution >= 4 is 5.78 Å². The van der Waals surface area contributed by atoms with E-state index in [0.29, 0.717) is 6.61 Å². The molecule has 0 amide bonds. The number of hydrogen-bond donors (Lipinski definition) is 0. The maximum Gasteiger partial charge on any atom is 0.175 e. The zero-order valence-electron chi connectivity index (χ0n) is 6.45. The van der Waals surface area contributed by atoms with Crippen LogP contribution in [0, 0.1) is 7.05 Å². The highest BCUT2D eigenvalue weighted by atomic mass is 16.5. The average Bonchev–Trinajstić information content (AvgIpc) is 2.34. The lowest BCUT2D eigenvalue weighted by molar-refractivity contribution is -0.121. The fourth-order valence-electron chi connectivity index (χ4n) is 1.89. The summed E-state index contributed by atoms with van der Waals surface area (Å²) in [5, 5.41) is 0. The molecule has 62 valence electrons. The van der Waals surface area contributed by atoms with Gasteiger partial charge in [-0.05, 0) is 19.4 Å². The Hall–Kier alpha value is -0.410. The fourth-order valence-corrected chi connectivity index (χ4v) is 1.89. The van der Waals surface area contributed by atoms with Gasteiger partial charge in [-0.25, -0.2) is 0 Å². The Balaban J connectivity index is 2.14. The number of carbonyl (C=O) groups excluding carboxylic acids is 1. The third-order valence-electron chi connectivity index (χ3n) is 2.45. The predicted octanol–water partition coefficient (Wildman–Crippen LogP) is 0.210. The zero-order chi connectivity index (χ0) is 7.84. The highest BCUT2D eigenvalue weighted by Gasteiger charge is 2.37. The van der Waals surface area contributed by atoms with Gasteiger partial charge in [0.25, 0.3) is 0 Å². The molecule has 3 heteroatoms. The lowest BCUT2D eigenvalue weighted by atomic mass is 9.99. The van der Waals surface area contributed by atoms with E-state index < -0.39 is 0 Å². The Bertz CT molecular complexity index is 181. The first-order chi connectivity index (χ1) is 5.29. The zero-order valence-corrected chi connectivity index (χ0v) is 6.45. The minimum Gasteiger partial charge on any atom is -0.448 e. The molecule has 0 bridgehead atoms. The quantitative estimate of drug-likeness (QED) is 0.467. The summed E-state index contributed by atoms with van der Waals surface area (Å²) in [6.07, 6.45) is 2.24. The Kier molecular flexibility index (Phi) is 1.69. The molecule has 2 aliphatic heterocycles. The number of rotatable bonds is 0. The van der Waals surface area contributed by atoms with Gasteiger partial charge in [-0.1, -0.05) is 0 Å². The molecule has 0 N–H and O–H groups in total. The molecule has 0 aliphatic carbocycles. The van der Waals surface area contributed by atoms with Crippen LogP contribution in [0.2, 0.25) is 0 Å². The smallest absolute Gasteiger partial charge is 0.175 e. The van der Waals surface area contributed by atoms with E-state index in [1.807, 2.05) is 4.90 Å². The predicted molar refractivity (Wildman–Crippen MR) is 39.8 cm³/mol. The molecule has 0 aromatic carbocycles. The topological polar surface area (TPSA) is 29.5 Å². The molecule has 11 heavy (non-hydrogen) atoms. The first-order valence-electron chi connectivity index (χ1n) is 4.00. The summed E-state index contributed by atoms with van der Waals surface area (Å²) in [5.41, 5.74) is 0. The van der Waals surface area contributed by atoms with Crippen LogP contribution in [-0.2, 0) is 9.53 Å². The van der Waals surface area contributed by atoms with E-state index in [-0.39, 0.29) is 17.9 Å².